The van der Waals surface area contributed by atoms with Crippen LogP contribution in [0.2, 0.25) is 0 Å². The summed E-state index contributed by atoms with van der Waals surface area (Å²) < 4.78 is 32.0. The van der Waals surface area contributed by atoms with Crippen molar-refractivity contribution < 1.29 is 66.9 Å². The molecule has 302 valence electrons. The van der Waals surface area contributed by atoms with Gasteiger partial charge in [0.2, 0.25) is 11.8 Å². The van der Waals surface area contributed by atoms with Gasteiger partial charge in [0.15, 0.2) is 6.29 Å². The normalized spacial score (nSPS) is 11.4. The van der Waals surface area contributed by atoms with Gasteiger partial charge >= 0.3 is 24.1 Å². The first-order valence-electron chi connectivity index (χ1n) is 16.9. The number of likely N-dealkylation sites (N-methyl/N-ethyl adjacent to an activating group) is 2. The minimum atomic E-state index is -0.663. The molecule has 0 atom stereocenters. The highest BCUT2D eigenvalue weighted by molar-refractivity contribution is 5.82. The summed E-state index contributed by atoms with van der Waals surface area (Å²) in [6, 6.07) is 0. The Morgan fingerprint density at radius 3 is 1.27 bits per heavy atom. The predicted molar refractivity (Wildman–Crippen MR) is 184 cm³/mol. The lowest BCUT2D eigenvalue weighted by molar-refractivity contribution is -0.156. The number of ether oxygens (including phenoxy) is 6. The molecule has 0 spiro atoms. The van der Waals surface area contributed by atoms with Crippen molar-refractivity contribution in [2.24, 2.45) is 0 Å². The van der Waals surface area contributed by atoms with Gasteiger partial charge in [-0.3, -0.25) is 19.2 Å². The summed E-state index contributed by atoms with van der Waals surface area (Å²) in [6.45, 7) is 13.5. The summed E-state index contributed by atoms with van der Waals surface area (Å²) >= 11 is 0. The van der Waals surface area contributed by atoms with Crippen LogP contribution in [0.1, 0.15) is 61.3 Å². The maximum Gasteiger partial charge on any atom is 0.410 e. The third-order valence-electron chi connectivity index (χ3n) is 5.70. The van der Waals surface area contributed by atoms with Crippen LogP contribution in [0.25, 0.3) is 0 Å². The van der Waals surface area contributed by atoms with Crippen LogP contribution in [-0.4, -0.2) is 156 Å². The van der Waals surface area contributed by atoms with Crippen molar-refractivity contribution in [2.45, 2.75) is 78.8 Å². The maximum atomic E-state index is 11.9. The molecule has 0 fully saturated rings. The maximum absolute atomic E-state index is 11.9. The Balaban J connectivity index is 3.66. The van der Waals surface area contributed by atoms with E-state index < -0.39 is 53.4 Å². The molecule has 0 aliphatic carbocycles. The van der Waals surface area contributed by atoms with E-state index in [4.69, 9.17) is 38.1 Å². The zero-order chi connectivity index (χ0) is 39.6. The molecule has 0 aromatic carbocycles. The van der Waals surface area contributed by atoms with Crippen LogP contribution in [0, 0.1) is 0 Å². The predicted octanol–water partition coefficient (Wildman–Crippen LogP) is 0.241. The first-order chi connectivity index (χ1) is 24.3. The number of hydrogen-bond donors (Lipinski definition) is 4. The van der Waals surface area contributed by atoms with Crippen molar-refractivity contribution in [1.82, 2.24) is 31.4 Å². The number of carbonyl (C=O) groups is 6. The minimum Gasteiger partial charge on any atom is -0.444 e. The molecule has 0 saturated heterocycles. The molecular formula is C32H60N6O14. The van der Waals surface area contributed by atoms with E-state index in [1.165, 1.54) is 14.1 Å². The summed E-state index contributed by atoms with van der Waals surface area (Å²) in [5.41, 5.74) is 3.58. The average Bonchev–Trinajstić information content (AvgIpc) is 3.02. The van der Waals surface area contributed by atoms with Gasteiger partial charge in [-0.15, -0.1) is 0 Å². The molecule has 4 amide bonds. The molecular weight excluding hydrogens is 692 g/mol. The molecule has 4 N–H and O–H groups in total. The highest BCUT2D eigenvalue weighted by Crippen LogP contribution is 2.09. The topological polar surface area (TPSA) is 231 Å². The van der Waals surface area contributed by atoms with Gasteiger partial charge in [-0.05, 0) is 48.5 Å². The molecule has 0 bridgehead atoms. The molecule has 52 heavy (non-hydrogen) atoms. The van der Waals surface area contributed by atoms with E-state index >= 15 is 0 Å². The second kappa shape index (κ2) is 26.9. The Bertz CT molecular complexity index is 1000. The lowest BCUT2D eigenvalue weighted by Crippen LogP contribution is -2.42. The Kier molecular flexibility index (Phi) is 24.9. The van der Waals surface area contributed by atoms with Crippen LogP contribution in [-0.2, 0) is 57.3 Å². The van der Waals surface area contributed by atoms with Crippen molar-refractivity contribution in [3.8, 4) is 0 Å². The van der Waals surface area contributed by atoms with Crippen LogP contribution >= 0.6 is 0 Å². The number of rotatable bonds is 26. The highest BCUT2D eigenvalue weighted by atomic mass is 16.7. The second-order valence-electron chi connectivity index (χ2n) is 13.1. The van der Waals surface area contributed by atoms with Crippen molar-refractivity contribution >= 4 is 35.9 Å². The fourth-order valence-electron chi connectivity index (χ4n) is 3.33. The standard InChI is InChI=1S/C32H60N6O14/c1-24(47-20-18-45-16-10-27(41)51-35-14-12-33-25(39)22-37(8)29(43)49-31(2,3)4)48-21-19-46-17-11-28(42)52-36-15-13-34-26(40)23-38(9)30(44)50-32(5,6)7/h24,35-36H,10-23H2,1-9H3,(H,33,39)(H,34,40). The molecule has 0 unspecified atom stereocenters. The zero-order valence-corrected chi connectivity index (χ0v) is 32.1. The summed E-state index contributed by atoms with van der Waals surface area (Å²) in [6.07, 6.45) is -1.75. The zero-order valence-electron chi connectivity index (χ0n) is 32.1. The third kappa shape index (κ3) is 29.9. The number of carbonyl (C=O) groups excluding carboxylic acids is 6. The van der Waals surface area contributed by atoms with E-state index in [0.29, 0.717) is 0 Å². The van der Waals surface area contributed by atoms with E-state index in [-0.39, 0.29) is 91.8 Å². The van der Waals surface area contributed by atoms with Gasteiger partial charge in [0.25, 0.3) is 0 Å². The Morgan fingerprint density at radius 1 is 0.558 bits per heavy atom. The highest BCUT2D eigenvalue weighted by Gasteiger charge is 2.22. The summed E-state index contributed by atoms with van der Waals surface area (Å²) in [7, 11) is 2.91. The molecule has 0 rings (SSSR count). The quantitative estimate of drug-likeness (QED) is 0.0401. The molecule has 0 radical (unpaired) electrons. The van der Waals surface area contributed by atoms with E-state index in [2.05, 4.69) is 21.6 Å². The number of hydrogen-bond acceptors (Lipinski definition) is 16. The van der Waals surface area contributed by atoms with Crippen molar-refractivity contribution in [1.29, 1.82) is 0 Å². The lowest BCUT2D eigenvalue weighted by Gasteiger charge is -2.24. The SMILES string of the molecule is CC(OCCOCCC(=O)ONCCNC(=O)CN(C)C(=O)OC(C)(C)C)OCCOCCC(=O)ONCCNC(=O)CN(C)C(=O)OC(C)(C)C. The fourth-order valence-corrected chi connectivity index (χ4v) is 3.33. The average molecular weight is 753 g/mol. The summed E-state index contributed by atoms with van der Waals surface area (Å²) in [5, 5.41) is 5.18. The molecule has 0 saturated carbocycles. The van der Waals surface area contributed by atoms with E-state index in [1.807, 2.05) is 0 Å². The molecule has 0 aromatic rings. The van der Waals surface area contributed by atoms with Crippen LogP contribution in [0.4, 0.5) is 9.59 Å². The lowest BCUT2D eigenvalue weighted by atomic mass is 10.2. The van der Waals surface area contributed by atoms with Crippen molar-refractivity contribution in [3.63, 3.8) is 0 Å². The number of nitrogens with one attached hydrogen (secondary N) is 4. The summed E-state index contributed by atoms with van der Waals surface area (Å²) in [4.78, 5) is 83.2. The molecule has 20 nitrogen and oxygen atoms in total. The van der Waals surface area contributed by atoms with Gasteiger partial charge in [0.1, 0.15) is 24.3 Å². The smallest absolute Gasteiger partial charge is 0.410 e. The second-order valence-corrected chi connectivity index (χ2v) is 13.1. The van der Waals surface area contributed by atoms with Crippen LogP contribution in [0.3, 0.4) is 0 Å². The number of nitrogens with zero attached hydrogens (tertiary/aromatic N) is 2. The molecule has 20 heteroatoms. The Morgan fingerprint density at radius 2 is 0.923 bits per heavy atom. The van der Waals surface area contributed by atoms with Crippen LogP contribution < -0.4 is 21.6 Å². The number of hydroxylamine groups is 2. The van der Waals surface area contributed by atoms with Gasteiger partial charge in [0, 0.05) is 40.3 Å². The Hall–Kier alpha value is -3.82. The third-order valence-corrected chi connectivity index (χ3v) is 5.70. The Labute approximate surface area is 306 Å². The van der Waals surface area contributed by atoms with Crippen molar-refractivity contribution in [2.75, 3.05) is 93.0 Å². The molecule has 0 heterocycles. The van der Waals surface area contributed by atoms with Gasteiger partial charge in [-0.1, -0.05) is 0 Å². The summed E-state index contributed by atoms with van der Waals surface area (Å²) in [5.74, 6) is -1.86. The first-order valence-corrected chi connectivity index (χ1v) is 16.9. The fraction of sp³-hybridized carbons (Fsp3) is 0.812. The van der Waals surface area contributed by atoms with Gasteiger partial charge in [0.05, 0.1) is 52.5 Å². The molecule has 0 aliphatic rings. The van der Waals surface area contributed by atoms with Crippen molar-refractivity contribution in [3.05, 3.63) is 0 Å². The molecule has 0 aromatic heterocycles. The van der Waals surface area contributed by atoms with Crippen LogP contribution in [0.15, 0.2) is 0 Å². The monoisotopic (exact) mass is 752 g/mol. The van der Waals surface area contributed by atoms with Gasteiger partial charge in [-0.2, -0.15) is 11.0 Å². The van der Waals surface area contributed by atoms with Crippen LogP contribution in [0.5, 0.6) is 0 Å². The van der Waals surface area contributed by atoms with E-state index in [0.717, 1.165) is 9.80 Å². The van der Waals surface area contributed by atoms with Gasteiger partial charge < -0.3 is 58.5 Å². The van der Waals surface area contributed by atoms with E-state index in [1.54, 1.807) is 48.5 Å². The number of amides is 4. The van der Waals surface area contributed by atoms with E-state index in [9.17, 15) is 28.8 Å². The minimum absolute atomic E-state index is 0.00197. The molecule has 0 aliphatic heterocycles. The first kappa shape index (κ1) is 48.2. The largest absolute Gasteiger partial charge is 0.444 e. The van der Waals surface area contributed by atoms with Gasteiger partial charge in [-0.25, -0.2) is 9.59 Å².